The number of ether oxygens (including phenoxy) is 1. The molecule has 0 fully saturated rings. The summed E-state index contributed by atoms with van der Waals surface area (Å²) >= 11 is 0. The summed E-state index contributed by atoms with van der Waals surface area (Å²) in [7, 11) is -4.24. The van der Waals surface area contributed by atoms with E-state index in [9.17, 15) is 22.7 Å². The summed E-state index contributed by atoms with van der Waals surface area (Å²) in [5.74, 6) is -2.67. The molecule has 1 aliphatic rings. The maximum atomic E-state index is 14.5. The molecule has 0 radical (unpaired) electrons. The fourth-order valence-corrected chi connectivity index (χ4v) is 3.37. The van der Waals surface area contributed by atoms with Crippen molar-refractivity contribution in [3.05, 3.63) is 71.5 Å². The maximum absolute atomic E-state index is 14.5. The summed E-state index contributed by atoms with van der Waals surface area (Å²) in [6, 6.07) is 10.4. The lowest BCUT2D eigenvalue weighted by Crippen LogP contribution is -2.30. The smallest absolute Gasteiger partial charge is 0.343 e. The number of aryl methyl sites for hydroxylation is 1. The Morgan fingerprint density at radius 2 is 1.92 bits per heavy atom. The summed E-state index contributed by atoms with van der Waals surface area (Å²) in [6.45, 7) is 1.57. The van der Waals surface area contributed by atoms with Crippen LogP contribution in [0.2, 0.25) is 0 Å². The van der Waals surface area contributed by atoms with Gasteiger partial charge in [-0.05, 0) is 36.8 Å². The molecular weight excluding hydrogens is 351 g/mol. The summed E-state index contributed by atoms with van der Waals surface area (Å²) in [6.07, 6.45) is 0.781. The highest BCUT2D eigenvalue weighted by Crippen LogP contribution is 2.36. The lowest BCUT2D eigenvalue weighted by molar-refractivity contribution is 0.0735. The largest absolute Gasteiger partial charge is 0.493 e. The molecule has 0 spiro atoms. The topological polar surface area (TPSA) is 95.9 Å². The number of hydrogen-bond donors (Lipinski definition) is 2. The molecule has 3 rings (SSSR count). The molecule has 0 aromatic heterocycles. The second kappa shape index (κ2) is 6.10. The molecule has 0 atom stereocenters. The molecule has 7 nitrogen and oxygen atoms in total. The van der Waals surface area contributed by atoms with Crippen molar-refractivity contribution in [3.8, 4) is 5.75 Å². The molecule has 0 saturated carbocycles. The van der Waals surface area contributed by atoms with E-state index in [1.807, 2.05) is 0 Å². The van der Waals surface area contributed by atoms with E-state index < -0.39 is 33.6 Å². The third-order valence-corrected chi connectivity index (χ3v) is 4.61. The van der Waals surface area contributed by atoms with Crippen LogP contribution in [0, 0.1) is 12.7 Å². The Morgan fingerprint density at radius 1 is 1.24 bits per heavy atom. The fraction of sp³-hybridized carbons (Fsp3) is 0.0625. The van der Waals surface area contributed by atoms with Crippen LogP contribution in [0.15, 0.2) is 54.5 Å². The van der Waals surface area contributed by atoms with Crippen LogP contribution in [0.5, 0.6) is 5.75 Å². The van der Waals surface area contributed by atoms with Gasteiger partial charge in [-0.2, -0.15) is 8.42 Å². The number of esters is 1. The fourth-order valence-electron chi connectivity index (χ4n) is 2.30. The average Bonchev–Trinajstić information content (AvgIpc) is 2.80. The number of aliphatic hydroxyl groups excluding tert-OH is 1. The molecule has 25 heavy (non-hydrogen) atoms. The second-order valence-electron chi connectivity index (χ2n) is 5.27. The van der Waals surface area contributed by atoms with Gasteiger partial charge in [0.15, 0.2) is 11.6 Å². The van der Waals surface area contributed by atoms with Gasteiger partial charge < -0.3 is 9.84 Å². The predicted octanol–water partition coefficient (Wildman–Crippen LogP) is 2.36. The highest BCUT2D eigenvalue weighted by atomic mass is 32.2. The van der Waals surface area contributed by atoms with Crippen LogP contribution in [-0.4, -0.2) is 19.5 Å². The first-order valence-corrected chi connectivity index (χ1v) is 8.52. The molecule has 9 heteroatoms. The van der Waals surface area contributed by atoms with Gasteiger partial charge in [-0.15, -0.1) is 0 Å². The van der Waals surface area contributed by atoms with Crippen molar-refractivity contribution in [3.63, 3.8) is 0 Å². The Kier molecular flexibility index (Phi) is 4.09. The van der Waals surface area contributed by atoms with E-state index >= 15 is 0 Å². The standard InChI is InChI=1S/C16H13FN2O5S/c1-10-7-12(17)15(19-9-14(20)18-25(19,22)23)13(8-10)24-16(21)11-5-3-2-4-6-11/h2-9,18,20H,1H3. The van der Waals surface area contributed by atoms with E-state index in [2.05, 4.69) is 0 Å². The number of anilines is 1. The first kappa shape index (κ1) is 16.8. The molecule has 130 valence electrons. The molecule has 0 bridgehead atoms. The molecular formula is C16H13FN2O5S. The van der Waals surface area contributed by atoms with E-state index in [4.69, 9.17) is 4.74 Å². The zero-order valence-corrected chi connectivity index (χ0v) is 13.7. The summed E-state index contributed by atoms with van der Waals surface area (Å²) < 4.78 is 46.0. The number of carbonyl (C=O) groups excluding carboxylic acids is 1. The van der Waals surface area contributed by atoms with Crippen LogP contribution in [-0.2, 0) is 10.2 Å². The Morgan fingerprint density at radius 3 is 2.52 bits per heavy atom. The van der Waals surface area contributed by atoms with Crippen molar-refractivity contribution in [2.75, 3.05) is 4.31 Å². The molecule has 0 aliphatic carbocycles. The molecule has 0 amide bonds. The number of carbonyl (C=O) groups is 1. The van der Waals surface area contributed by atoms with Gasteiger partial charge in [-0.1, -0.05) is 18.2 Å². The first-order chi connectivity index (χ1) is 11.8. The third-order valence-electron chi connectivity index (χ3n) is 3.34. The summed E-state index contributed by atoms with van der Waals surface area (Å²) in [5.41, 5.74) is 0.137. The quantitative estimate of drug-likeness (QED) is 0.644. The lowest BCUT2D eigenvalue weighted by atomic mass is 10.2. The van der Waals surface area contributed by atoms with Gasteiger partial charge in [0, 0.05) is 0 Å². The number of halogens is 1. The SMILES string of the molecule is Cc1cc(F)c(N2C=C(O)NS2(=O)=O)c(OC(=O)c2ccccc2)c1. The molecule has 0 unspecified atom stereocenters. The number of benzene rings is 2. The van der Waals surface area contributed by atoms with Gasteiger partial charge in [0.2, 0.25) is 5.88 Å². The van der Waals surface area contributed by atoms with E-state index in [-0.39, 0.29) is 11.3 Å². The van der Waals surface area contributed by atoms with Crippen molar-refractivity contribution in [2.45, 2.75) is 6.92 Å². The number of nitrogens with zero attached hydrogens (tertiary/aromatic N) is 1. The van der Waals surface area contributed by atoms with Gasteiger partial charge in [0.25, 0.3) is 0 Å². The van der Waals surface area contributed by atoms with Crippen LogP contribution in [0.3, 0.4) is 0 Å². The number of aliphatic hydroxyl groups is 1. The van der Waals surface area contributed by atoms with Gasteiger partial charge in [0.1, 0.15) is 5.69 Å². The first-order valence-electron chi connectivity index (χ1n) is 7.08. The molecule has 1 heterocycles. The minimum atomic E-state index is -4.24. The molecule has 2 aromatic carbocycles. The highest BCUT2D eigenvalue weighted by molar-refractivity contribution is 7.91. The second-order valence-corrected chi connectivity index (χ2v) is 6.81. The van der Waals surface area contributed by atoms with E-state index in [0.717, 1.165) is 12.3 Å². The lowest BCUT2D eigenvalue weighted by Gasteiger charge is -2.19. The predicted molar refractivity (Wildman–Crippen MR) is 87.8 cm³/mol. The monoisotopic (exact) mass is 364 g/mol. The van der Waals surface area contributed by atoms with Crippen LogP contribution in [0.4, 0.5) is 10.1 Å². The number of nitrogens with one attached hydrogen (secondary N) is 1. The van der Waals surface area contributed by atoms with E-state index in [1.165, 1.54) is 18.2 Å². The number of rotatable bonds is 3. The Hall–Kier alpha value is -3.07. The van der Waals surface area contributed by atoms with Crippen molar-refractivity contribution < 1.29 is 27.4 Å². The minimum absolute atomic E-state index is 0.219. The molecule has 2 N–H and O–H groups in total. The molecule has 0 saturated heterocycles. The highest BCUT2D eigenvalue weighted by Gasteiger charge is 2.34. The van der Waals surface area contributed by atoms with Crippen molar-refractivity contribution >= 4 is 21.9 Å². The maximum Gasteiger partial charge on any atom is 0.343 e. The van der Waals surface area contributed by atoms with Crippen molar-refractivity contribution in [1.82, 2.24) is 4.72 Å². The third kappa shape index (κ3) is 3.26. The van der Waals surface area contributed by atoms with Crippen LogP contribution in [0.25, 0.3) is 0 Å². The van der Waals surface area contributed by atoms with Gasteiger partial charge >= 0.3 is 16.2 Å². The van der Waals surface area contributed by atoms with E-state index in [0.29, 0.717) is 9.87 Å². The van der Waals surface area contributed by atoms with Crippen LogP contribution in [0.1, 0.15) is 15.9 Å². The van der Waals surface area contributed by atoms with Crippen LogP contribution < -0.4 is 13.8 Å². The van der Waals surface area contributed by atoms with Crippen LogP contribution >= 0.6 is 0 Å². The molecule has 1 aliphatic heterocycles. The van der Waals surface area contributed by atoms with Crippen molar-refractivity contribution in [1.29, 1.82) is 0 Å². The van der Waals surface area contributed by atoms with Gasteiger partial charge in [-0.3, -0.25) is 0 Å². The zero-order valence-electron chi connectivity index (χ0n) is 12.9. The Labute approximate surface area is 143 Å². The van der Waals surface area contributed by atoms with E-state index in [1.54, 1.807) is 29.8 Å². The zero-order chi connectivity index (χ0) is 18.2. The normalized spacial score (nSPS) is 15.4. The Bertz CT molecular complexity index is 974. The summed E-state index contributed by atoms with van der Waals surface area (Å²) in [5, 5.41) is 9.39. The summed E-state index contributed by atoms with van der Waals surface area (Å²) in [4.78, 5) is 12.2. The number of hydrogen-bond acceptors (Lipinski definition) is 5. The van der Waals surface area contributed by atoms with Gasteiger partial charge in [0.05, 0.1) is 11.8 Å². The van der Waals surface area contributed by atoms with Gasteiger partial charge in [-0.25, -0.2) is 18.2 Å². The van der Waals surface area contributed by atoms with Crippen molar-refractivity contribution in [2.24, 2.45) is 0 Å². The average molecular weight is 364 g/mol. The molecule has 2 aromatic rings. The Balaban J connectivity index is 2.07. The minimum Gasteiger partial charge on any atom is -0.493 e.